The van der Waals surface area contributed by atoms with Gasteiger partial charge in [0.1, 0.15) is 17.2 Å². The topological polar surface area (TPSA) is 44.8 Å². The van der Waals surface area contributed by atoms with Crippen molar-refractivity contribution < 1.29 is 19.0 Å². The Balaban J connectivity index is 1.41. The SMILES string of the molecule is CCCCCCCCCOc1ccc(C(=O)Oc2ccc(-c3ccc(OCCCCCCCC)cc3)cc2)cc1Br. The van der Waals surface area contributed by atoms with Gasteiger partial charge >= 0.3 is 5.97 Å². The van der Waals surface area contributed by atoms with Crippen LogP contribution >= 0.6 is 15.9 Å². The van der Waals surface area contributed by atoms with Gasteiger partial charge in [-0.25, -0.2) is 4.79 Å². The van der Waals surface area contributed by atoms with E-state index in [-0.39, 0.29) is 0 Å². The van der Waals surface area contributed by atoms with Crippen molar-refractivity contribution in [3.63, 3.8) is 0 Å². The summed E-state index contributed by atoms with van der Waals surface area (Å²) >= 11 is 3.54. The number of benzene rings is 3. The van der Waals surface area contributed by atoms with Crippen LogP contribution in [0.25, 0.3) is 11.1 Å². The van der Waals surface area contributed by atoms with Crippen molar-refractivity contribution in [1.29, 1.82) is 0 Å². The first-order chi connectivity index (χ1) is 20.1. The van der Waals surface area contributed by atoms with Crippen LogP contribution in [0.4, 0.5) is 0 Å². The van der Waals surface area contributed by atoms with E-state index in [1.165, 1.54) is 70.6 Å². The van der Waals surface area contributed by atoms with Crippen LogP contribution in [-0.4, -0.2) is 19.2 Å². The lowest BCUT2D eigenvalue weighted by atomic mass is 10.1. The molecule has 0 atom stereocenters. The van der Waals surface area contributed by atoms with Crippen molar-refractivity contribution in [2.24, 2.45) is 0 Å². The molecule has 3 rings (SSSR count). The van der Waals surface area contributed by atoms with Gasteiger partial charge in [-0.15, -0.1) is 0 Å². The molecule has 0 bridgehead atoms. The lowest BCUT2D eigenvalue weighted by Crippen LogP contribution is -2.08. The van der Waals surface area contributed by atoms with Crippen molar-refractivity contribution in [3.8, 4) is 28.4 Å². The van der Waals surface area contributed by atoms with E-state index in [9.17, 15) is 4.79 Å². The summed E-state index contributed by atoms with van der Waals surface area (Å²) in [6.07, 6.45) is 16.3. The zero-order valence-electron chi connectivity index (χ0n) is 25.0. The Morgan fingerprint density at radius 3 is 1.61 bits per heavy atom. The molecule has 0 aromatic heterocycles. The summed E-state index contributed by atoms with van der Waals surface area (Å²) in [4.78, 5) is 12.8. The molecule has 41 heavy (non-hydrogen) atoms. The van der Waals surface area contributed by atoms with E-state index < -0.39 is 5.97 Å². The molecule has 0 aliphatic heterocycles. The summed E-state index contributed by atoms with van der Waals surface area (Å²) in [5, 5.41) is 0. The van der Waals surface area contributed by atoms with E-state index in [1.54, 1.807) is 12.1 Å². The molecule has 4 nitrogen and oxygen atoms in total. The first kappa shape index (κ1) is 32.7. The number of halogens is 1. The summed E-state index contributed by atoms with van der Waals surface area (Å²) in [6.45, 7) is 5.92. The van der Waals surface area contributed by atoms with Crippen LogP contribution in [0.15, 0.2) is 71.2 Å². The molecule has 3 aromatic carbocycles. The van der Waals surface area contributed by atoms with E-state index in [4.69, 9.17) is 14.2 Å². The van der Waals surface area contributed by atoms with E-state index in [0.717, 1.165) is 46.5 Å². The standard InChI is InChI=1S/C36H47BrO4/c1-3-5-7-9-11-13-15-27-40-35-25-20-31(28-34(35)37)36(38)41-33-23-18-30(19-24-33)29-16-21-32(22-17-29)39-26-14-12-10-8-6-4-2/h16-25,28H,3-15,26-27H2,1-2H3. The second-order valence-corrected chi connectivity index (χ2v) is 11.5. The van der Waals surface area contributed by atoms with Gasteiger partial charge in [0.15, 0.2) is 0 Å². The minimum absolute atomic E-state index is 0.399. The van der Waals surface area contributed by atoms with Crippen LogP contribution < -0.4 is 14.2 Å². The molecule has 0 saturated carbocycles. The van der Waals surface area contributed by atoms with Gasteiger partial charge in [-0.3, -0.25) is 0 Å². The molecule has 0 aliphatic carbocycles. The zero-order chi connectivity index (χ0) is 29.1. The van der Waals surface area contributed by atoms with Gasteiger partial charge in [0, 0.05) is 0 Å². The molecule has 0 fully saturated rings. The third kappa shape index (κ3) is 12.3. The Kier molecular flexibility index (Phi) is 15.4. The molecule has 0 N–H and O–H groups in total. The maximum Gasteiger partial charge on any atom is 0.343 e. The fourth-order valence-corrected chi connectivity index (χ4v) is 5.18. The lowest BCUT2D eigenvalue weighted by molar-refractivity contribution is 0.0734. The third-order valence-corrected chi connectivity index (χ3v) is 7.81. The van der Waals surface area contributed by atoms with Gasteiger partial charge in [-0.05, 0) is 82.4 Å². The molecule has 222 valence electrons. The number of ether oxygens (including phenoxy) is 3. The molecule has 0 spiro atoms. The summed E-state index contributed by atoms with van der Waals surface area (Å²) in [5.74, 6) is 1.75. The number of carbonyl (C=O) groups is 1. The first-order valence-corrected chi connectivity index (χ1v) is 16.4. The van der Waals surface area contributed by atoms with Crippen LogP contribution in [0.5, 0.6) is 17.2 Å². The molecule has 0 unspecified atom stereocenters. The van der Waals surface area contributed by atoms with Crippen molar-refractivity contribution in [2.75, 3.05) is 13.2 Å². The Hall–Kier alpha value is -2.79. The summed E-state index contributed by atoms with van der Waals surface area (Å²) in [7, 11) is 0. The second-order valence-electron chi connectivity index (χ2n) is 10.7. The van der Waals surface area contributed by atoms with Crippen molar-refractivity contribution in [3.05, 3.63) is 76.8 Å². The molecule has 3 aromatic rings. The Labute approximate surface area is 255 Å². The average Bonchev–Trinajstić information content (AvgIpc) is 2.99. The summed E-state index contributed by atoms with van der Waals surface area (Å²) in [6, 6.07) is 21.1. The summed E-state index contributed by atoms with van der Waals surface area (Å²) < 4.78 is 18.2. The predicted molar refractivity (Wildman–Crippen MR) is 173 cm³/mol. The zero-order valence-corrected chi connectivity index (χ0v) is 26.6. The van der Waals surface area contributed by atoms with E-state index in [0.29, 0.717) is 17.9 Å². The number of hydrogen-bond donors (Lipinski definition) is 0. The van der Waals surface area contributed by atoms with Crippen LogP contribution in [0.3, 0.4) is 0 Å². The molecule has 0 amide bonds. The fourth-order valence-electron chi connectivity index (χ4n) is 4.68. The molecular formula is C36H47BrO4. The molecule has 0 aliphatic rings. The molecule has 0 radical (unpaired) electrons. The van der Waals surface area contributed by atoms with Crippen LogP contribution in [0, 0.1) is 0 Å². The highest BCUT2D eigenvalue weighted by atomic mass is 79.9. The van der Waals surface area contributed by atoms with Gasteiger partial charge in [-0.2, -0.15) is 0 Å². The van der Waals surface area contributed by atoms with Gasteiger partial charge < -0.3 is 14.2 Å². The fraction of sp³-hybridized carbons (Fsp3) is 0.472. The minimum Gasteiger partial charge on any atom is -0.494 e. The summed E-state index contributed by atoms with van der Waals surface area (Å²) in [5.41, 5.74) is 2.61. The molecular weight excluding hydrogens is 576 g/mol. The quantitative estimate of drug-likeness (QED) is 0.0714. The lowest BCUT2D eigenvalue weighted by Gasteiger charge is -2.10. The van der Waals surface area contributed by atoms with Crippen LogP contribution in [-0.2, 0) is 0 Å². The first-order valence-electron chi connectivity index (χ1n) is 15.6. The maximum atomic E-state index is 12.8. The van der Waals surface area contributed by atoms with Crippen molar-refractivity contribution in [2.45, 2.75) is 97.3 Å². The maximum absolute atomic E-state index is 12.8. The smallest absolute Gasteiger partial charge is 0.343 e. The number of rotatable bonds is 20. The average molecular weight is 624 g/mol. The van der Waals surface area contributed by atoms with E-state index >= 15 is 0 Å². The molecule has 0 saturated heterocycles. The molecule has 5 heteroatoms. The van der Waals surface area contributed by atoms with Crippen molar-refractivity contribution in [1.82, 2.24) is 0 Å². The van der Waals surface area contributed by atoms with Gasteiger partial charge in [0.2, 0.25) is 0 Å². The van der Waals surface area contributed by atoms with E-state index in [2.05, 4.69) is 41.9 Å². The number of unbranched alkanes of at least 4 members (excludes halogenated alkanes) is 11. The molecule has 0 heterocycles. The largest absolute Gasteiger partial charge is 0.494 e. The second kappa shape index (κ2) is 19.4. The normalized spacial score (nSPS) is 10.9. The number of carbonyl (C=O) groups excluding carboxylic acids is 1. The number of hydrogen-bond acceptors (Lipinski definition) is 4. The van der Waals surface area contributed by atoms with Crippen LogP contribution in [0.2, 0.25) is 0 Å². The highest BCUT2D eigenvalue weighted by molar-refractivity contribution is 9.10. The Morgan fingerprint density at radius 2 is 1.07 bits per heavy atom. The predicted octanol–water partition coefficient (Wildman–Crippen LogP) is 11.2. The minimum atomic E-state index is -0.399. The van der Waals surface area contributed by atoms with Gasteiger partial charge in [0.25, 0.3) is 0 Å². The Morgan fingerprint density at radius 1 is 0.585 bits per heavy atom. The highest BCUT2D eigenvalue weighted by Crippen LogP contribution is 2.28. The third-order valence-electron chi connectivity index (χ3n) is 7.19. The van der Waals surface area contributed by atoms with Crippen LogP contribution in [0.1, 0.15) is 108 Å². The Bertz CT molecular complexity index is 1140. The van der Waals surface area contributed by atoms with E-state index in [1.807, 2.05) is 42.5 Å². The van der Waals surface area contributed by atoms with Gasteiger partial charge in [0.05, 0.1) is 23.2 Å². The van der Waals surface area contributed by atoms with Gasteiger partial charge in [-0.1, -0.05) is 109 Å². The number of esters is 1. The highest BCUT2D eigenvalue weighted by Gasteiger charge is 2.12. The van der Waals surface area contributed by atoms with Crippen molar-refractivity contribution >= 4 is 21.9 Å². The monoisotopic (exact) mass is 622 g/mol.